The van der Waals surface area contributed by atoms with Crippen LogP contribution in [0.2, 0.25) is 0 Å². The number of hydrogen-bond donors (Lipinski definition) is 1. The van der Waals surface area contributed by atoms with Crippen molar-refractivity contribution in [3.63, 3.8) is 0 Å². The molecule has 1 N–H and O–H groups in total. The maximum Gasteiger partial charge on any atom is 1.00 e. The zero-order valence-corrected chi connectivity index (χ0v) is 16.3. The Hall–Kier alpha value is 0.380. The third kappa shape index (κ3) is 20.4. The SMILES string of the molecule is CCCCCCCCCCCC(=O)OCCS(=O)(=O)O.[H-].[Na+]. The minimum Gasteiger partial charge on any atom is -1.00 e. The van der Waals surface area contributed by atoms with Crippen molar-refractivity contribution < 1.29 is 53.5 Å². The van der Waals surface area contributed by atoms with Crippen LogP contribution in [0.5, 0.6) is 0 Å². The molecule has 21 heavy (non-hydrogen) atoms. The summed E-state index contributed by atoms with van der Waals surface area (Å²) in [6, 6.07) is 0. The summed E-state index contributed by atoms with van der Waals surface area (Å²) >= 11 is 0. The summed E-state index contributed by atoms with van der Waals surface area (Å²) in [5, 5.41) is 0. The summed E-state index contributed by atoms with van der Waals surface area (Å²) in [4.78, 5) is 11.2. The Labute approximate surface area is 152 Å². The molecular formula is C14H29NaO5S. The average Bonchev–Trinajstić information content (AvgIpc) is 2.35. The molecule has 0 fully saturated rings. The Morgan fingerprint density at radius 1 is 1.00 bits per heavy atom. The fourth-order valence-electron chi connectivity index (χ4n) is 1.91. The zero-order chi connectivity index (χ0) is 15.3. The molecule has 0 spiro atoms. The Bertz CT molecular complexity index is 349. The molecule has 0 rings (SSSR count). The van der Waals surface area contributed by atoms with Crippen molar-refractivity contribution in [2.75, 3.05) is 12.4 Å². The minimum atomic E-state index is -4.04. The minimum absolute atomic E-state index is 0. The van der Waals surface area contributed by atoms with Crippen LogP contribution >= 0.6 is 0 Å². The van der Waals surface area contributed by atoms with Gasteiger partial charge in [0.1, 0.15) is 12.4 Å². The molecular weight excluding hydrogens is 303 g/mol. The van der Waals surface area contributed by atoms with Crippen molar-refractivity contribution in [3.05, 3.63) is 0 Å². The second-order valence-corrected chi connectivity index (χ2v) is 6.66. The predicted molar refractivity (Wildman–Crippen MR) is 80.3 cm³/mol. The molecule has 0 aliphatic heterocycles. The standard InChI is InChI=1S/C14H28O5S.Na.H/c1-2-3-4-5-6-7-8-9-10-11-14(15)19-12-13-20(16,17)18;;/h2-13H2,1H3,(H,16,17,18);;/q;+1;-1. The zero-order valence-electron chi connectivity index (χ0n) is 14.5. The van der Waals surface area contributed by atoms with Gasteiger partial charge in [-0.05, 0) is 6.42 Å². The van der Waals surface area contributed by atoms with Crippen LogP contribution in [0, 0.1) is 0 Å². The van der Waals surface area contributed by atoms with Gasteiger partial charge in [0, 0.05) is 6.42 Å². The number of ether oxygens (including phenoxy) is 1. The monoisotopic (exact) mass is 332 g/mol. The summed E-state index contributed by atoms with van der Waals surface area (Å²) in [5.41, 5.74) is 0. The van der Waals surface area contributed by atoms with Gasteiger partial charge in [-0.3, -0.25) is 9.35 Å². The molecule has 0 unspecified atom stereocenters. The van der Waals surface area contributed by atoms with Crippen LogP contribution in [-0.2, 0) is 19.6 Å². The van der Waals surface area contributed by atoms with Gasteiger partial charge in [-0.1, -0.05) is 58.3 Å². The van der Waals surface area contributed by atoms with Gasteiger partial charge >= 0.3 is 35.5 Å². The van der Waals surface area contributed by atoms with Gasteiger partial charge in [0.25, 0.3) is 10.1 Å². The summed E-state index contributed by atoms with van der Waals surface area (Å²) < 4.78 is 34.0. The number of rotatable bonds is 13. The second kappa shape index (κ2) is 15.3. The Kier molecular flexibility index (Phi) is 17.2. The number of carbonyl (C=O) groups is 1. The van der Waals surface area contributed by atoms with Crippen LogP contribution in [-0.4, -0.2) is 31.3 Å². The van der Waals surface area contributed by atoms with Crippen LogP contribution in [0.15, 0.2) is 0 Å². The molecule has 0 saturated heterocycles. The van der Waals surface area contributed by atoms with E-state index in [1.54, 1.807) is 0 Å². The van der Waals surface area contributed by atoms with Crippen LogP contribution in [0.1, 0.15) is 72.6 Å². The van der Waals surface area contributed by atoms with E-state index in [1.165, 1.54) is 38.5 Å². The number of esters is 1. The normalized spacial score (nSPS) is 11.0. The van der Waals surface area contributed by atoms with Crippen molar-refractivity contribution in [2.24, 2.45) is 0 Å². The summed E-state index contributed by atoms with van der Waals surface area (Å²) in [6.07, 6.45) is 10.9. The third-order valence-corrected chi connectivity index (χ3v) is 3.77. The summed E-state index contributed by atoms with van der Waals surface area (Å²) in [5.74, 6) is -0.923. The van der Waals surface area contributed by atoms with Gasteiger partial charge in [-0.25, -0.2) is 0 Å². The fraction of sp³-hybridized carbons (Fsp3) is 0.929. The maximum absolute atomic E-state index is 11.2. The van der Waals surface area contributed by atoms with Crippen molar-refractivity contribution in [2.45, 2.75) is 71.1 Å². The molecule has 0 bridgehead atoms. The largest absolute Gasteiger partial charge is 1.00 e. The number of carbonyl (C=O) groups excluding carboxylic acids is 1. The molecule has 5 nitrogen and oxygen atoms in total. The predicted octanol–water partition coefficient (Wildman–Crippen LogP) is 0.455. The molecule has 0 atom stereocenters. The quantitative estimate of drug-likeness (QED) is 0.229. The molecule has 122 valence electrons. The first-order chi connectivity index (χ1) is 9.45. The van der Waals surface area contributed by atoms with E-state index in [9.17, 15) is 13.2 Å². The topological polar surface area (TPSA) is 80.7 Å². The summed E-state index contributed by atoms with van der Waals surface area (Å²) in [6.45, 7) is 1.93. The van der Waals surface area contributed by atoms with Gasteiger partial charge < -0.3 is 6.16 Å². The first-order valence-electron chi connectivity index (χ1n) is 7.56. The molecule has 0 heterocycles. The van der Waals surface area contributed by atoms with Crippen LogP contribution in [0.3, 0.4) is 0 Å². The Morgan fingerprint density at radius 2 is 1.48 bits per heavy atom. The van der Waals surface area contributed by atoms with Crippen molar-refractivity contribution in [1.82, 2.24) is 0 Å². The smallest absolute Gasteiger partial charge is 1.00 e. The number of hydrogen-bond acceptors (Lipinski definition) is 4. The van der Waals surface area contributed by atoms with Crippen LogP contribution < -0.4 is 29.6 Å². The molecule has 0 aromatic heterocycles. The van der Waals surface area contributed by atoms with Gasteiger partial charge in [0.2, 0.25) is 0 Å². The van der Waals surface area contributed by atoms with E-state index in [-0.39, 0.29) is 37.6 Å². The average molecular weight is 332 g/mol. The molecule has 0 aromatic rings. The maximum atomic E-state index is 11.2. The van der Waals surface area contributed by atoms with Gasteiger partial charge in [0.05, 0.1) is 0 Å². The van der Waals surface area contributed by atoms with E-state index < -0.39 is 21.8 Å². The molecule has 7 heteroatoms. The van der Waals surface area contributed by atoms with E-state index in [2.05, 4.69) is 6.92 Å². The van der Waals surface area contributed by atoms with E-state index in [1.807, 2.05) is 0 Å². The van der Waals surface area contributed by atoms with Crippen LogP contribution in [0.4, 0.5) is 0 Å². The van der Waals surface area contributed by atoms with E-state index in [4.69, 9.17) is 9.29 Å². The molecule has 0 aromatic carbocycles. The number of unbranched alkanes of at least 4 members (excludes halogenated alkanes) is 8. The Balaban J connectivity index is -0.00000180. The first-order valence-corrected chi connectivity index (χ1v) is 9.17. The van der Waals surface area contributed by atoms with Crippen molar-refractivity contribution in [3.8, 4) is 0 Å². The molecule has 0 aliphatic carbocycles. The molecule has 0 amide bonds. The third-order valence-electron chi connectivity index (χ3n) is 3.09. The van der Waals surface area contributed by atoms with E-state index in [0.717, 1.165) is 19.3 Å². The van der Waals surface area contributed by atoms with Gasteiger partial charge in [-0.2, -0.15) is 8.42 Å². The van der Waals surface area contributed by atoms with E-state index in [0.29, 0.717) is 6.42 Å². The Morgan fingerprint density at radius 3 is 1.95 bits per heavy atom. The fourth-order valence-corrected chi connectivity index (χ4v) is 2.21. The molecule has 0 saturated carbocycles. The molecule has 0 radical (unpaired) electrons. The van der Waals surface area contributed by atoms with Gasteiger partial charge in [0.15, 0.2) is 0 Å². The first kappa shape index (κ1) is 23.6. The second-order valence-electron chi connectivity index (χ2n) is 5.08. The molecule has 0 aliphatic rings. The van der Waals surface area contributed by atoms with Gasteiger partial charge in [-0.15, -0.1) is 0 Å². The van der Waals surface area contributed by atoms with E-state index >= 15 is 0 Å². The summed E-state index contributed by atoms with van der Waals surface area (Å²) in [7, 11) is -4.04. The van der Waals surface area contributed by atoms with Crippen molar-refractivity contribution in [1.29, 1.82) is 0 Å². The van der Waals surface area contributed by atoms with Crippen molar-refractivity contribution >= 4 is 16.1 Å². The van der Waals surface area contributed by atoms with Crippen LogP contribution in [0.25, 0.3) is 0 Å².